The van der Waals surface area contributed by atoms with Gasteiger partial charge in [-0.2, -0.15) is 0 Å². The zero-order chi connectivity index (χ0) is 26.7. The fourth-order valence-corrected chi connectivity index (χ4v) is 5.41. The Hall–Kier alpha value is -3.30. The second kappa shape index (κ2) is 11.0. The lowest BCUT2D eigenvalue weighted by Crippen LogP contribution is -2.62. The molecule has 0 bridgehead atoms. The average Bonchev–Trinajstić information content (AvgIpc) is 3.19. The zero-order valence-electron chi connectivity index (χ0n) is 21.5. The van der Waals surface area contributed by atoms with Crippen molar-refractivity contribution in [2.75, 3.05) is 13.7 Å². The number of nitrogens with one attached hydrogen (secondary N) is 3. The number of aliphatic hydroxyl groups is 1. The molecule has 2 amide bonds. The number of fused-ring (bicyclic) bond motifs is 1. The summed E-state index contributed by atoms with van der Waals surface area (Å²) in [5.74, 6) is -0.935. The van der Waals surface area contributed by atoms with Gasteiger partial charge in [-0.25, -0.2) is 4.39 Å². The number of carbonyl (C=O) groups excluding carboxylic acids is 2. The lowest BCUT2D eigenvalue weighted by Gasteiger charge is -2.45. The van der Waals surface area contributed by atoms with Crippen LogP contribution in [-0.2, 0) is 16.0 Å². The van der Waals surface area contributed by atoms with E-state index in [1.807, 2.05) is 19.9 Å². The highest BCUT2D eigenvalue weighted by Crippen LogP contribution is 2.34. The number of aliphatic hydroxyl groups excluding tert-OH is 1. The number of benzene rings is 2. The van der Waals surface area contributed by atoms with Gasteiger partial charge in [0.25, 0.3) is 5.91 Å². The van der Waals surface area contributed by atoms with Crippen LogP contribution in [0.25, 0.3) is 0 Å². The molecule has 0 aromatic heterocycles. The van der Waals surface area contributed by atoms with Crippen molar-refractivity contribution in [1.82, 2.24) is 15.5 Å². The van der Waals surface area contributed by atoms with Gasteiger partial charge in [-0.3, -0.25) is 19.9 Å². The maximum Gasteiger partial charge on any atom is 0.251 e. The Morgan fingerprint density at radius 1 is 1.30 bits per heavy atom. The second-order valence-electron chi connectivity index (χ2n) is 9.89. The maximum atomic E-state index is 13.8. The van der Waals surface area contributed by atoms with Gasteiger partial charge in [-0.05, 0) is 60.2 Å². The molecule has 3 atom stereocenters. The molecule has 1 heterocycles. The number of halogens is 1. The first-order chi connectivity index (χ1) is 17.7. The molecule has 1 aliphatic heterocycles. The zero-order valence-corrected chi connectivity index (χ0v) is 21.5. The highest BCUT2D eigenvalue weighted by atomic mass is 19.1. The fraction of sp³-hybridized carbons (Fsp3) is 0.464. The molecule has 1 fully saturated rings. The first kappa shape index (κ1) is 26.8. The predicted molar refractivity (Wildman–Crippen MR) is 138 cm³/mol. The average molecular weight is 511 g/mol. The molecule has 1 aliphatic carbocycles. The Morgan fingerprint density at radius 3 is 2.73 bits per heavy atom. The van der Waals surface area contributed by atoms with Crippen LogP contribution in [0.2, 0.25) is 0 Å². The summed E-state index contributed by atoms with van der Waals surface area (Å²) in [6.45, 7) is 4.37. The SMILES string of the molecule is CCC1(CC)CC(=O)N([C@H](CCOC)c2cccc(C(=O)N[C@@H]3c4cc(F)ccc4C[C@H]3O)c2)C(=N)N1. The molecule has 4 N–H and O–H groups in total. The smallest absolute Gasteiger partial charge is 0.251 e. The van der Waals surface area contributed by atoms with Crippen molar-refractivity contribution >= 4 is 17.8 Å². The van der Waals surface area contributed by atoms with Crippen LogP contribution in [0.15, 0.2) is 42.5 Å². The molecule has 37 heavy (non-hydrogen) atoms. The number of nitrogens with zero attached hydrogens (tertiary/aromatic N) is 1. The van der Waals surface area contributed by atoms with Gasteiger partial charge < -0.3 is 20.5 Å². The summed E-state index contributed by atoms with van der Waals surface area (Å²) >= 11 is 0. The molecule has 198 valence electrons. The number of carbonyl (C=O) groups is 2. The van der Waals surface area contributed by atoms with E-state index in [0.29, 0.717) is 36.1 Å². The van der Waals surface area contributed by atoms with Crippen LogP contribution in [0.4, 0.5) is 4.39 Å². The Bertz CT molecular complexity index is 1160. The summed E-state index contributed by atoms with van der Waals surface area (Å²) < 4.78 is 19.1. The Kier molecular flexibility index (Phi) is 7.94. The number of guanidine groups is 1. The molecule has 1 saturated heterocycles. The summed E-state index contributed by atoms with van der Waals surface area (Å²) in [6, 6.07) is 10.0. The van der Waals surface area contributed by atoms with E-state index in [-0.39, 0.29) is 18.3 Å². The van der Waals surface area contributed by atoms with Crippen molar-refractivity contribution in [2.24, 2.45) is 0 Å². The molecule has 2 aromatic rings. The summed E-state index contributed by atoms with van der Waals surface area (Å²) in [5.41, 5.74) is 1.98. The topological polar surface area (TPSA) is 115 Å². The number of hydrogen-bond acceptors (Lipinski definition) is 5. The fourth-order valence-electron chi connectivity index (χ4n) is 5.41. The monoisotopic (exact) mass is 510 g/mol. The molecular formula is C28H35FN4O4. The summed E-state index contributed by atoms with van der Waals surface area (Å²) in [6.07, 6.45) is 1.66. The molecule has 4 rings (SSSR count). The van der Waals surface area contributed by atoms with Crippen molar-refractivity contribution < 1.29 is 23.8 Å². The third-order valence-corrected chi connectivity index (χ3v) is 7.72. The molecule has 0 saturated carbocycles. The Labute approximate surface area is 216 Å². The predicted octanol–water partition coefficient (Wildman–Crippen LogP) is 3.61. The summed E-state index contributed by atoms with van der Waals surface area (Å²) in [5, 5.41) is 25.3. The molecule has 0 spiro atoms. The van der Waals surface area contributed by atoms with E-state index < -0.39 is 35.5 Å². The number of amides is 2. The molecule has 2 aliphatic rings. The van der Waals surface area contributed by atoms with Gasteiger partial charge in [0, 0.05) is 31.2 Å². The molecule has 0 radical (unpaired) electrons. The lowest BCUT2D eigenvalue weighted by molar-refractivity contribution is -0.133. The van der Waals surface area contributed by atoms with E-state index in [1.165, 1.54) is 17.0 Å². The van der Waals surface area contributed by atoms with Crippen molar-refractivity contribution in [3.05, 3.63) is 70.5 Å². The largest absolute Gasteiger partial charge is 0.390 e. The van der Waals surface area contributed by atoms with E-state index in [2.05, 4.69) is 10.6 Å². The summed E-state index contributed by atoms with van der Waals surface area (Å²) in [4.78, 5) is 28.0. The molecule has 9 heteroatoms. The van der Waals surface area contributed by atoms with Gasteiger partial charge in [-0.15, -0.1) is 0 Å². The minimum atomic E-state index is -0.853. The van der Waals surface area contributed by atoms with E-state index in [4.69, 9.17) is 10.1 Å². The molecule has 0 unspecified atom stereocenters. The number of hydrogen-bond donors (Lipinski definition) is 4. The van der Waals surface area contributed by atoms with Crippen LogP contribution in [0.1, 0.15) is 78.7 Å². The normalized spacial score (nSPS) is 21.4. The van der Waals surface area contributed by atoms with Gasteiger partial charge in [0.2, 0.25) is 5.91 Å². The number of rotatable bonds is 9. The van der Waals surface area contributed by atoms with Crippen LogP contribution in [0.3, 0.4) is 0 Å². The highest BCUT2D eigenvalue weighted by molar-refractivity contribution is 6.00. The first-order valence-corrected chi connectivity index (χ1v) is 12.8. The van der Waals surface area contributed by atoms with Crippen LogP contribution in [-0.4, -0.2) is 53.1 Å². The minimum Gasteiger partial charge on any atom is -0.390 e. The van der Waals surface area contributed by atoms with Gasteiger partial charge >= 0.3 is 0 Å². The molecule has 8 nitrogen and oxygen atoms in total. The lowest BCUT2D eigenvalue weighted by atomic mass is 9.86. The molecule has 2 aromatic carbocycles. The third-order valence-electron chi connectivity index (χ3n) is 7.72. The van der Waals surface area contributed by atoms with Crippen molar-refractivity contribution in [3.8, 4) is 0 Å². The number of ether oxygens (including phenoxy) is 1. The van der Waals surface area contributed by atoms with Crippen LogP contribution >= 0.6 is 0 Å². The van der Waals surface area contributed by atoms with E-state index >= 15 is 0 Å². The van der Waals surface area contributed by atoms with Gasteiger partial charge in [0.1, 0.15) is 5.82 Å². The van der Waals surface area contributed by atoms with Gasteiger partial charge in [-0.1, -0.05) is 32.0 Å². The second-order valence-corrected chi connectivity index (χ2v) is 9.89. The van der Waals surface area contributed by atoms with Crippen molar-refractivity contribution in [1.29, 1.82) is 5.41 Å². The van der Waals surface area contributed by atoms with E-state index in [0.717, 1.165) is 18.4 Å². The quantitative estimate of drug-likeness (QED) is 0.412. The third kappa shape index (κ3) is 5.38. The summed E-state index contributed by atoms with van der Waals surface area (Å²) in [7, 11) is 1.58. The van der Waals surface area contributed by atoms with E-state index in [9.17, 15) is 19.1 Å². The van der Waals surface area contributed by atoms with Crippen LogP contribution in [0.5, 0.6) is 0 Å². The van der Waals surface area contributed by atoms with Gasteiger partial charge in [0.15, 0.2) is 5.96 Å². The Balaban J connectivity index is 1.59. The molecular weight excluding hydrogens is 475 g/mol. The first-order valence-electron chi connectivity index (χ1n) is 12.8. The number of methoxy groups -OCH3 is 1. The highest BCUT2D eigenvalue weighted by Gasteiger charge is 2.42. The van der Waals surface area contributed by atoms with Crippen LogP contribution < -0.4 is 10.6 Å². The minimum absolute atomic E-state index is 0.0450. The van der Waals surface area contributed by atoms with E-state index in [1.54, 1.807) is 31.4 Å². The maximum absolute atomic E-state index is 13.8. The van der Waals surface area contributed by atoms with Crippen molar-refractivity contribution in [2.45, 2.75) is 69.7 Å². The standard InChI is InChI=1S/C28H35FN4O4/c1-4-28(5-2)16-24(35)33(27(30)32-28)22(11-12-37-3)18-7-6-8-19(13-18)26(36)31-25-21-15-20(29)10-9-17(21)14-23(25)34/h6-10,13,15,22-23,25,34H,4-5,11-12,14,16H2,1-3H3,(H2,30,32)(H,31,36)/t22-,23-,25-/m1/s1. The Morgan fingerprint density at radius 2 is 2.05 bits per heavy atom. The van der Waals surface area contributed by atoms with Crippen molar-refractivity contribution in [3.63, 3.8) is 0 Å². The van der Waals surface area contributed by atoms with Gasteiger partial charge in [0.05, 0.1) is 24.6 Å². The van der Waals surface area contributed by atoms with Crippen LogP contribution in [0, 0.1) is 11.2 Å².